The van der Waals surface area contributed by atoms with E-state index >= 15 is 0 Å². The third-order valence-corrected chi connectivity index (χ3v) is 9.47. The van der Waals surface area contributed by atoms with Crippen LogP contribution in [-0.4, -0.2) is 32.8 Å². The summed E-state index contributed by atoms with van der Waals surface area (Å²) >= 11 is 1.52. The Morgan fingerprint density at radius 2 is 1.51 bits per heavy atom. The summed E-state index contributed by atoms with van der Waals surface area (Å²) in [6.07, 6.45) is 2.01. The number of aliphatic hydroxyl groups excluding tert-OH is 1. The summed E-state index contributed by atoms with van der Waals surface area (Å²) < 4.78 is 19.7. The number of nitrogens with zero attached hydrogens (tertiary/aromatic N) is 2. The van der Waals surface area contributed by atoms with Crippen molar-refractivity contribution in [2.45, 2.75) is 37.3 Å². The van der Waals surface area contributed by atoms with E-state index in [1.54, 1.807) is 18.3 Å². The van der Waals surface area contributed by atoms with Crippen molar-refractivity contribution >= 4 is 23.4 Å². The highest BCUT2D eigenvalue weighted by Crippen LogP contribution is 2.44. The molecule has 9 heteroatoms. The predicted molar refractivity (Wildman–Crippen MR) is 190 cm³/mol. The van der Waals surface area contributed by atoms with Crippen molar-refractivity contribution in [1.82, 2.24) is 9.97 Å². The van der Waals surface area contributed by atoms with Crippen molar-refractivity contribution in [2.24, 2.45) is 5.92 Å². The number of benzene rings is 4. The Kier molecular flexibility index (Phi) is 9.95. The number of hydrogen-bond donors (Lipinski definition) is 2. The van der Waals surface area contributed by atoms with E-state index in [1.807, 2.05) is 109 Å². The van der Waals surface area contributed by atoms with Crippen molar-refractivity contribution in [3.8, 4) is 22.6 Å². The molecular weight excluding hydrogens is 635 g/mol. The summed E-state index contributed by atoms with van der Waals surface area (Å²) in [4.78, 5) is 21.6. The van der Waals surface area contributed by atoms with E-state index in [0.29, 0.717) is 22.2 Å². The molecule has 7 rings (SSSR count). The number of pyridine rings is 1. The highest BCUT2D eigenvalue weighted by molar-refractivity contribution is 7.99. The first kappa shape index (κ1) is 32.5. The van der Waals surface area contributed by atoms with E-state index in [2.05, 4.69) is 17.2 Å². The first-order valence-corrected chi connectivity index (χ1v) is 17.1. The van der Waals surface area contributed by atoms with E-state index in [0.717, 1.165) is 39.3 Å². The van der Waals surface area contributed by atoms with Crippen molar-refractivity contribution in [2.75, 3.05) is 11.1 Å². The van der Waals surface area contributed by atoms with Gasteiger partial charge in [-0.25, -0.2) is 4.98 Å². The maximum absolute atomic E-state index is 12.7. The lowest BCUT2D eigenvalue weighted by atomic mass is 9.91. The minimum Gasteiger partial charge on any atom is -0.431 e. The number of hydrogen-bond acceptors (Lipinski definition) is 8. The van der Waals surface area contributed by atoms with Gasteiger partial charge in [0.1, 0.15) is 5.69 Å². The van der Waals surface area contributed by atoms with Gasteiger partial charge in [-0.2, -0.15) is 0 Å². The molecular formula is C40H35N3O5S. The van der Waals surface area contributed by atoms with Crippen LogP contribution in [0.2, 0.25) is 0 Å². The Morgan fingerprint density at radius 3 is 2.18 bits per heavy atom. The minimum atomic E-state index is -0.656. The van der Waals surface area contributed by atoms with Crippen molar-refractivity contribution in [3.63, 3.8) is 0 Å². The molecule has 1 fully saturated rings. The Labute approximate surface area is 289 Å². The SMILES string of the molecule is C[C@H]1[C@@H](CSc2nc(-c3ccccc3)c(-c3ccccc3)o2)O[C@@H](c2ccc(NC(=O)c3cccnc3)cc2)O[C@H]1c1ccc(CO)cc1. The molecule has 4 aromatic carbocycles. The summed E-state index contributed by atoms with van der Waals surface area (Å²) in [5, 5.41) is 13.1. The molecule has 246 valence electrons. The van der Waals surface area contributed by atoms with Gasteiger partial charge in [-0.15, -0.1) is 0 Å². The van der Waals surface area contributed by atoms with Crippen molar-refractivity contribution in [1.29, 1.82) is 0 Å². The lowest BCUT2D eigenvalue weighted by Crippen LogP contribution is -2.38. The van der Waals surface area contributed by atoms with Crippen LogP contribution in [0.25, 0.3) is 22.6 Å². The standard InChI is InChI=1S/C40H35N3O5S/c1-26-34(25-49-40-43-35(28-9-4-2-5-10-28)37(48-40)29-11-6-3-7-12-29)46-39(47-36(26)30-16-14-27(24-44)15-17-30)31-18-20-33(21-19-31)42-38(45)32-13-8-22-41-23-32/h2-23,26,34,36,39,44H,24-25H2,1H3,(H,42,45)/t26-,34+,36+,39+/m0/s1. The van der Waals surface area contributed by atoms with E-state index in [4.69, 9.17) is 18.9 Å². The first-order chi connectivity index (χ1) is 24.1. The minimum absolute atomic E-state index is 0.0149. The average Bonchev–Trinajstić information content (AvgIpc) is 3.60. The number of carbonyl (C=O) groups is 1. The number of amides is 1. The van der Waals surface area contributed by atoms with Crippen LogP contribution < -0.4 is 5.32 Å². The number of rotatable bonds is 10. The maximum atomic E-state index is 12.7. The second-order valence-corrected chi connectivity index (χ2v) is 12.8. The summed E-state index contributed by atoms with van der Waals surface area (Å²) in [6.45, 7) is 2.10. The van der Waals surface area contributed by atoms with Gasteiger partial charge in [-0.3, -0.25) is 9.78 Å². The number of carbonyl (C=O) groups excluding carboxylic acids is 1. The van der Waals surface area contributed by atoms with Crippen LogP contribution in [-0.2, 0) is 16.1 Å². The molecule has 0 unspecified atom stereocenters. The Bertz CT molecular complexity index is 1910. The molecule has 0 bridgehead atoms. The first-order valence-electron chi connectivity index (χ1n) is 16.1. The number of anilines is 1. The fraction of sp³-hybridized carbons (Fsp3) is 0.175. The largest absolute Gasteiger partial charge is 0.431 e. The fourth-order valence-corrected chi connectivity index (χ4v) is 6.81. The summed E-state index contributed by atoms with van der Waals surface area (Å²) in [6, 6.07) is 38.9. The highest BCUT2D eigenvalue weighted by Gasteiger charge is 2.38. The third-order valence-electron chi connectivity index (χ3n) is 8.55. The summed E-state index contributed by atoms with van der Waals surface area (Å²) in [7, 11) is 0. The normalized spacial score (nSPS) is 19.0. The van der Waals surface area contributed by atoms with Crippen LogP contribution in [0.15, 0.2) is 143 Å². The molecule has 1 aliphatic heterocycles. The zero-order chi connectivity index (χ0) is 33.6. The van der Waals surface area contributed by atoms with Gasteiger partial charge in [0.15, 0.2) is 12.1 Å². The molecule has 4 atom stereocenters. The average molecular weight is 670 g/mol. The van der Waals surface area contributed by atoms with Gasteiger partial charge in [0.2, 0.25) is 0 Å². The predicted octanol–water partition coefficient (Wildman–Crippen LogP) is 8.73. The van der Waals surface area contributed by atoms with Gasteiger partial charge in [-0.1, -0.05) is 116 Å². The lowest BCUT2D eigenvalue weighted by Gasteiger charge is -2.41. The topological polar surface area (TPSA) is 107 Å². The van der Waals surface area contributed by atoms with Crippen LogP contribution in [0, 0.1) is 5.92 Å². The molecule has 1 aliphatic rings. The molecule has 1 amide bonds. The molecule has 0 saturated carbocycles. The smallest absolute Gasteiger partial charge is 0.257 e. The van der Waals surface area contributed by atoms with Gasteiger partial charge >= 0.3 is 0 Å². The van der Waals surface area contributed by atoms with Crippen LogP contribution in [0.1, 0.15) is 46.4 Å². The number of ether oxygens (including phenoxy) is 2. The molecule has 0 spiro atoms. The molecule has 0 radical (unpaired) electrons. The second-order valence-electron chi connectivity index (χ2n) is 11.8. The van der Waals surface area contributed by atoms with Gasteiger partial charge in [-0.05, 0) is 35.4 Å². The van der Waals surface area contributed by atoms with Gasteiger partial charge in [0, 0.05) is 46.4 Å². The van der Waals surface area contributed by atoms with Gasteiger partial charge in [0.05, 0.1) is 24.4 Å². The quantitative estimate of drug-likeness (QED) is 0.140. The van der Waals surface area contributed by atoms with Crippen LogP contribution in [0.5, 0.6) is 0 Å². The van der Waals surface area contributed by atoms with E-state index in [-0.39, 0.29) is 30.6 Å². The Morgan fingerprint density at radius 1 is 0.816 bits per heavy atom. The number of nitrogens with one attached hydrogen (secondary N) is 1. The molecule has 8 nitrogen and oxygen atoms in total. The van der Waals surface area contributed by atoms with E-state index in [9.17, 15) is 9.90 Å². The Balaban J connectivity index is 1.13. The maximum Gasteiger partial charge on any atom is 0.257 e. The van der Waals surface area contributed by atoms with Crippen LogP contribution >= 0.6 is 11.8 Å². The molecule has 49 heavy (non-hydrogen) atoms. The fourth-order valence-electron chi connectivity index (χ4n) is 5.83. The number of oxazole rings is 1. The molecule has 0 aliphatic carbocycles. The van der Waals surface area contributed by atoms with Crippen molar-refractivity contribution in [3.05, 3.63) is 156 Å². The highest BCUT2D eigenvalue weighted by atomic mass is 32.2. The molecule has 2 aromatic heterocycles. The zero-order valence-electron chi connectivity index (χ0n) is 26.8. The molecule has 2 N–H and O–H groups in total. The molecule has 6 aromatic rings. The van der Waals surface area contributed by atoms with E-state index in [1.165, 1.54) is 18.0 Å². The molecule has 1 saturated heterocycles. The lowest BCUT2D eigenvalue weighted by molar-refractivity contribution is -0.268. The number of aliphatic hydroxyl groups is 1. The summed E-state index contributed by atoms with van der Waals surface area (Å²) in [5.74, 6) is 1.05. The van der Waals surface area contributed by atoms with Gasteiger partial charge in [0.25, 0.3) is 11.1 Å². The van der Waals surface area contributed by atoms with Crippen LogP contribution in [0.3, 0.4) is 0 Å². The van der Waals surface area contributed by atoms with E-state index < -0.39 is 6.29 Å². The third kappa shape index (κ3) is 7.50. The second kappa shape index (κ2) is 15.0. The number of thioether (sulfide) groups is 1. The Hall–Kier alpha value is -5.06. The number of aromatic nitrogens is 2. The summed E-state index contributed by atoms with van der Waals surface area (Å²) in [5.41, 5.74) is 6.54. The zero-order valence-corrected chi connectivity index (χ0v) is 27.6. The molecule has 3 heterocycles. The van der Waals surface area contributed by atoms with Crippen LogP contribution in [0.4, 0.5) is 5.69 Å². The van der Waals surface area contributed by atoms with Gasteiger partial charge < -0.3 is 24.3 Å². The van der Waals surface area contributed by atoms with Crippen molar-refractivity contribution < 1.29 is 23.8 Å². The monoisotopic (exact) mass is 669 g/mol.